The average molecular weight is 526 g/mol. The molecule has 0 radical (unpaired) electrons. The molecule has 4 aromatic rings. The maximum absolute atomic E-state index is 13.5. The lowest BCUT2D eigenvalue weighted by Crippen LogP contribution is -2.38. The fourth-order valence-corrected chi connectivity index (χ4v) is 6.32. The van der Waals surface area contributed by atoms with Crippen LogP contribution in [0.1, 0.15) is 26.8 Å². The van der Waals surface area contributed by atoms with Crippen LogP contribution in [0.3, 0.4) is 0 Å². The largest absolute Gasteiger partial charge is 0.494 e. The van der Waals surface area contributed by atoms with Gasteiger partial charge in [-0.15, -0.1) is 0 Å². The van der Waals surface area contributed by atoms with Crippen LogP contribution >= 0.6 is 11.3 Å². The van der Waals surface area contributed by atoms with Gasteiger partial charge in [0.25, 0.3) is 10.0 Å². The van der Waals surface area contributed by atoms with Gasteiger partial charge in [0.05, 0.1) is 27.4 Å². The van der Waals surface area contributed by atoms with Gasteiger partial charge in [-0.3, -0.25) is 18.5 Å². The van der Waals surface area contributed by atoms with Gasteiger partial charge in [0, 0.05) is 11.7 Å². The molecule has 0 aliphatic heterocycles. The summed E-state index contributed by atoms with van der Waals surface area (Å²) >= 11 is 1.10. The lowest BCUT2D eigenvalue weighted by molar-refractivity contribution is -0.114. The Bertz CT molecular complexity index is 1530. The number of amides is 1. The second-order valence-corrected chi connectivity index (χ2v) is 11.2. The monoisotopic (exact) mass is 525 g/mol. The predicted molar refractivity (Wildman–Crippen MR) is 144 cm³/mol. The molecule has 1 aromatic heterocycles. The highest BCUT2D eigenvalue weighted by atomic mass is 32.2. The van der Waals surface area contributed by atoms with Gasteiger partial charge in [-0.2, -0.15) is 0 Å². The summed E-state index contributed by atoms with van der Waals surface area (Å²) in [6.07, 6.45) is 0. The van der Waals surface area contributed by atoms with Crippen LogP contribution in [0.5, 0.6) is 5.75 Å². The first kappa shape index (κ1) is 25.5. The standard InChI is InChI=1S/C26H27N3O5S2/c1-4-34-21-11-13-22(14-12-21)36(32,33)28(20-8-6-5-7-9-20)17-25(30)27-19-10-15-23-24(16-19)35-26(31)29(23)18(2)3/h5-16,18H,4,17H2,1-3H3,(H,27,30). The molecule has 3 aromatic carbocycles. The van der Waals surface area contributed by atoms with Crippen molar-refractivity contribution >= 4 is 48.9 Å². The first-order valence-corrected chi connectivity index (χ1v) is 13.7. The summed E-state index contributed by atoms with van der Waals surface area (Å²) in [6.45, 7) is 5.75. The number of sulfonamides is 1. The Labute approximate surface area is 213 Å². The van der Waals surface area contributed by atoms with Crippen LogP contribution in [-0.2, 0) is 14.8 Å². The Morgan fingerprint density at radius 2 is 1.75 bits per heavy atom. The molecule has 0 spiro atoms. The van der Waals surface area contributed by atoms with Gasteiger partial charge in [0.15, 0.2) is 0 Å². The summed E-state index contributed by atoms with van der Waals surface area (Å²) in [5, 5.41) is 2.77. The molecule has 0 fully saturated rings. The van der Waals surface area contributed by atoms with Crippen molar-refractivity contribution in [3.05, 3.63) is 82.5 Å². The molecule has 8 nitrogen and oxygen atoms in total. The van der Waals surface area contributed by atoms with Gasteiger partial charge < -0.3 is 10.1 Å². The molecule has 0 saturated heterocycles. The SMILES string of the molecule is CCOc1ccc(S(=O)(=O)N(CC(=O)Nc2ccc3c(c2)sc(=O)n3C(C)C)c2ccccc2)cc1. The minimum Gasteiger partial charge on any atom is -0.494 e. The minimum atomic E-state index is -4.05. The molecule has 0 atom stereocenters. The number of ether oxygens (including phenoxy) is 1. The van der Waals surface area contributed by atoms with Crippen LogP contribution in [0.4, 0.5) is 11.4 Å². The molecule has 0 unspecified atom stereocenters. The number of rotatable bonds is 9. The van der Waals surface area contributed by atoms with Gasteiger partial charge in [0.2, 0.25) is 5.91 Å². The van der Waals surface area contributed by atoms with Gasteiger partial charge in [0.1, 0.15) is 12.3 Å². The number of hydrogen-bond acceptors (Lipinski definition) is 6. The normalized spacial score (nSPS) is 11.6. The van der Waals surface area contributed by atoms with Crippen LogP contribution in [0, 0.1) is 0 Å². The summed E-state index contributed by atoms with van der Waals surface area (Å²) in [5.74, 6) is 0.0489. The molecule has 188 valence electrons. The summed E-state index contributed by atoms with van der Waals surface area (Å²) in [7, 11) is -4.05. The van der Waals surface area contributed by atoms with E-state index in [4.69, 9.17) is 4.74 Å². The van der Waals surface area contributed by atoms with E-state index >= 15 is 0 Å². The molecule has 0 saturated carbocycles. The van der Waals surface area contributed by atoms with Crippen molar-refractivity contribution in [2.45, 2.75) is 31.7 Å². The highest BCUT2D eigenvalue weighted by Crippen LogP contribution is 2.27. The Morgan fingerprint density at radius 3 is 2.39 bits per heavy atom. The van der Waals surface area contributed by atoms with Crippen molar-refractivity contribution in [3.63, 3.8) is 0 Å². The van der Waals surface area contributed by atoms with E-state index in [9.17, 15) is 18.0 Å². The number of nitrogens with zero attached hydrogens (tertiary/aromatic N) is 2. The average Bonchev–Trinajstić information content (AvgIpc) is 3.18. The molecule has 1 amide bonds. The minimum absolute atomic E-state index is 0.0129. The zero-order valence-corrected chi connectivity index (χ0v) is 21.8. The van der Waals surface area contributed by atoms with E-state index in [0.29, 0.717) is 23.7 Å². The number of thiazole rings is 1. The quantitative estimate of drug-likeness (QED) is 0.336. The van der Waals surface area contributed by atoms with E-state index in [2.05, 4.69) is 5.32 Å². The van der Waals surface area contributed by atoms with E-state index in [1.165, 1.54) is 12.1 Å². The number of nitrogens with one attached hydrogen (secondary N) is 1. The van der Waals surface area contributed by atoms with E-state index < -0.39 is 22.5 Å². The topological polar surface area (TPSA) is 97.7 Å². The third-order valence-corrected chi connectivity index (χ3v) is 8.17. The number of aromatic nitrogens is 1. The predicted octanol–water partition coefficient (Wildman–Crippen LogP) is 4.88. The van der Waals surface area contributed by atoms with Crippen molar-refractivity contribution in [2.75, 3.05) is 22.8 Å². The molecule has 36 heavy (non-hydrogen) atoms. The van der Waals surface area contributed by atoms with Crippen molar-refractivity contribution in [1.29, 1.82) is 0 Å². The second kappa shape index (κ2) is 10.5. The summed E-state index contributed by atoms with van der Waals surface area (Å²) in [4.78, 5) is 25.3. The highest BCUT2D eigenvalue weighted by Gasteiger charge is 2.27. The number of benzene rings is 3. The smallest absolute Gasteiger partial charge is 0.308 e. The lowest BCUT2D eigenvalue weighted by atomic mass is 10.2. The van der Waals surface area contributed by atoms with Crippen molar-refractivity contribution in [3.8, 4) is 5.75 Å². The summed E-state index contributed by atoms with van der Waals surface area (Å²) in [6, 6.07) is 19.8. The molecule has 0 bridgehead atoms. The zero-order valence-electron chi connectivity index (χ0n) is 20.2. The third kappa shape index (κ3) is 5.29. The first-order chi connectivity index (χ1) is 17.2. The second-order valence-electron chi connectivity index (χ2n) is 8.31. The molecule has 4 rings (SSSR count). The van der Waals surface area contributed by atoms with Gasteiger partial charge >= 0.3 is 4.87 Å². The van der Waals surface area contributed by atoms with Crippen LogP contribution in [0.2, 0.25) is 0 Å². The van der Waals surface area contributed by atoms with Crippen molar-refractivity contribution < 1.29 is 17.9 Å². The molecule has 0 aliphatic rings. The maximum atomic E-state index is 13.5. The fraction of sp³-hybridized carbons (Fsp3) is 0.231. The Hall–Kier alpha value is -3.63. The van der Waals surface area contributed by atoms with Crippen LogP contribution in [0.15, 0.2) is 82.5 Å². The van der Waals surface area contributed by atoms with E-state index in [1.807, 2.05) is 20.8 Å². The van der Waals surface area contributed by atoms with Crippen molar-refractivity contribution in [2.24, 2.45) is 0 Å². The number of carbonyl (C=O) groups excluding carboxylic acids is 1. The molecule has 1 heterocycles. The van der Waals surface area contributed by atoms with E-state index in [0.717, 1.165) is 25.9 Å². The number of para-hydroxylation sites is 1. The fourth-order valence-electron chi connectivity index (χ4n) is 3.85. The van der Waals surface area contributed by atoms with Crippen LogP contribution < -0.4 is 19.2 Å². The third-order valence-electron chi connectivity index (χ3n) is 5.47. The van der Waals surface area contributed by atoms with Gasteiger partial charge in [-0.1, -0.05) is 29.5 Å². The number of carbonyl (C=O) groups is 1. The van der Waals surface area contributed by atoms with E-state index in [1.54, 1.807) is 65.2 Å². The Morgan fingerprint density at radius 1 is 1.06 bits per heavy atom. The van der Waals surface area contributed by atoms with Crippen LogP contribution in [0.25, 0.3) is 10.2 Å². The van der Waals surface area contributed by atoms with Crippen molar-refractivity contribution in [1.82, 2.24) is 4.57 Å². The molecule has 0 aliphatic carbocycles. The Balaban J connectivity index is 1.61. The van der Waals surface area contributed by atoms with Crippen LogP contribution in [-0.4, -0.2) is 32.0 Å². The Kier molecular flexibility index (Phi) is 7.46. The van der Waals surface area contributed by atoms with E-state index in [-0.39, 0.29) is 15.8 Å². The molecule has 10 heteroatoms. The molecule has 1 N–H and O–H groups in total. The number of fused-ring (bicyclic) bond motifs is 1. The highest BCUT2D eigenvalue weighted by molar-refractivity contribution is 7.92. The molecular weight excluding hydrogens is 498 g/mol. The maximum Gasteiger partial charge on any atom is 0.308 e. The first-order valence-electron chi connectivity index (χ1n) is 11.5. The molecular formula is C26H27N3O5S2. The summed E-state index contributed by atoms with van der Waals surface area (Å²) < 4.78 is 36.0. The number of hydrogen-bond donors (Lipinski definition) is 1. The summed E-state index contributed by atoms with van der Waals surface area (Å²) in [5.41, 5.74) is 1.64. The number of anilines is 2. The van der Waals surface area contributed by atoms with Gasteiger partial charge in [-0.05, 0) is 75.4 Å². The lowest BCUT2D eigenvalue weighted by Gasteiger charge is -2.24. The zero-order chi connectivity index (χ0) is 25.9. The van der Waals surface area contributed by atoms with Gasteiger partial charge in [-0.25, -0.2) is 8.42 Å².